The van der Waals surface area contributed by atoms with Gasteiger partial charge in [-0.2, -0.15) is 12.7 Å². The number of halogens is 2. The summed E-state index contributed by atoms with van der Waals surface area (Å²) in [6.45, 7) is 1.38. The van der Waals surface area contributed by atoms with E-state index in [1.807, 2.05) is 30.3 Å². The van der Waals surface area contributed by atoms with Crippen LogP contribution in [0.5, 0.6) is 0 Å². The lowest BCUT2D eigenvalue weighted by Crippen LogP contribution is -2.54. The zero-order valence-electron chi connectivity index (χ0n) is 22.1. The molecular weight excluding hydrogens is 543 g/mol. The van der Waals surface area contributed by atoms with Gasteiger partial charge in [-0.1, -0.05) is 66.2 Å². The van der Waals surface area contributed by atoms with E-state index in [4.69, 9.17) is 11.6 Å². The average molecular weight is 575 g/mol. The van der Waals surface area contributed by atoms with Crippen LogP contribution >= 0.6 is 11.6 Å². The van der Waals surface area contributed by atoms with Crippen LogP contribution in [-0.2, 0) is 32.8 Å². The first-order valence-corrected chi connectivity index (χ1v) is 14.1. The second-order valence-electron chi connectivity index (χ2n) is 9.00. The number of anilines is 1. The van der Waals surface area contributed by atoms with Crippen molar-refractivity contribution in [3.8, 4) is 0 Å². The average Bonchev–Trinajstić information content (AvgIpc) is 2.91. The van der Waals surface area contributed by atoms with Gasteiger partial charge in [0, 0.05) is 38.6 Å². The van der Waals surface area contributed by atoms with Gasteiger partial charge in [-0.3, -0.25) is 9.59 Å². The minimum absolute atomic E-state index is 0.00222. The lowest BCUT2D eigenvalue weighted by atomic mass is 10.0. The second-order valence-corrected chi connectivity index (χ2v) is 11.5. The molecule has 0 radical (unpaired) electrons. The van der Waals surface area contributed by atoms with Crippen LogP contribution in [0.1, 0.15) is 18.1 Å². The Bertz CT molecular complexity index is 1370. The van der Waals surface area contributed by atoms with Crippen LogP contribution in [0.15, 0.2) is 78.9 Å². The first kappa shape index (κ1) is 30.1. The van der Waals surface area contributed by atoms with E-state index >= 15 is 0 Å². The molecule has 0 fully saturated rings. The SMILES string of the molecule is CCNC(=O)[C@@H](Cc1ccccc1)N(Cc1ccc(Cl)cc1)C(=O)CN(c1ccccc1F)S(=O)(=O)N(C)C. The fraction of sp³-hybridized carbons (Fsp3) is 0.286. The molecule has 0 aromatic heterocycles. The topological polar surface area (TPSA) is 90.0 Å². The Morgan fingerprint density at radius 2 is 1.54 bits per heavy atom. The third-order valence-electron chi connectivity index (χ3n) is 6.03. The number of nitrogens with zero attached hydrogens (tertiary/aromatic N) is 3. The van der Waals surface area contributed by atoms with Crippen molar-refractivity contribution in [1.29, 1.82) is 0 Å². The summed E-state index contributed by atoms with van der Waals surface area (Å²) in [6, 6.07) is 20.3. The Kier molecular flexibility index (Phi) is 10.4. The van der Waals surface area contributed by atoms with Gasteiger partial charge in [-0.15, -0.1) is 0 Å². The quantitative estimate of drug-likeness (QED) is 0.356. The molecule has 0 unspecified atom stereocenters. The van der Waals surface area contributed by atoms with Crippen LogP contribution in [0.4, 0.5) is 10.1 Å². The maximum Gasteiger partial charge on any atom is 0.304 e. The summed E-state index contributed by atoms with van der Waals surface area (Å²) < 4.78 is 43.0. The Morgan fingerprint density at radius 1 is 0.923 bits per heavy atom. The number of carbonyl (C=O) groups is 2. The molecule has 3 rings (SSSR count). The van der Waals surface area contributed by atoms with Crippen molar-refractivity contribution >= 4 is 39.3 Å². The molecule has 0 bridgehead atoms. The minimum atomic E-state index is -4.28. The van der Waals surface area contributed by atoms with Crippen LogP contribution in [0.3, 0.4) is 0 Å². The van der Waals surface area contributed by atoms with Crippen LogP contribution < -0.4 is 9.62 Å². The van der Waals surface area contributed by atoms with Crippen molar-refractivity contribution < 1.29 is 22.4 Å². The molecule has 11 heteroatoms. The van der Waals surface area contributed by atoms with E-state index in [0.717, 1.165) is 20.2 Å². The normalized spacial score (nSPS) is 12.2. The summed E-state index contributed by atoms with van der Waals surface area (Å²) in [5.74, 6) is -1.87. The number of hydrogen-bond acceptors (Lipinski definition) is 4. The molecule has 0 saturated carbocycles. The Hall–Kier alpha value is -3.47. The van der Waals surface area contributed by atoms with Crippen molar-refractivity contribution in [3.63, 3.8) is 0 Å². The van der Waals surface area contributed by atoms with Crippen LogP contribution in [0, 0.1) is 5.82 Å². The van der Waals surface area contributed by atoms with Gasteiger partial charge in [0.2, 0.25) is 11.8 Å². The number of likely N-dealkylation sites (N-methyl/N-ethyl adjacent to an activating group) is 1. The predicted molar refractivity (Wildman–Crippen MR) is 151 cm³/mol. The summed E-state index contributed by atoms with van der Waals surface area (Å²) in [6.07, 6.45) is 0.187. The molecule has 0 aliphatic rings. The molecule has 0 spiro atoms. The van der Waals surface area contributed by atoms with E-state index in [1.54, 1.807) is 31.2 Å². The largest absolute Gasteiger partial charge is 0.355 e. The summed E-state index contributed by atoms with van der Waals surface area (Å²) in [4.78, 5) is 28.7. The number of benzene rings is 3. The number of hydrogen-bond donors (Lipinski definition) is 1. The highest BCUT2D eigenvalue weighted by molar-refractivity contribution is 7.90. The maximum atomic E-state index is 14.8. The fourth-order valence-electron chi connectivity index (χ4n) is 3.99. The van der Waals surface area contributed by atoms with Gasteiger partial charge in [-0.25, -0.2) is 8.70 Å². The number of nitrogens with one attached hydrogen (secondary N) is 1. The number of amides is 2. The Labute approximate surface area is 234 Å². The lowest BCUT2D eigenvalue weighted by Gasteiger charge is -2.34. The van der Waals surface area contributed by atoms with Gasteiger partial charge < -0.3 is 10.2 Å². The summed E-state index contributed by atoms with van der Waals surface area (Å²) in [7, 11) is -1.68. The Morgan fingerprint density at radius 3 is 2.13 bits per heavy atom. The van der Waals surface area contributed by atoms with Crippen molar-refractivity contribution in [2.75, 3.05) is 31.5 Å². The highest BCUT2D eigenvalue weighted by Gasteiger charge is 2.35. The molecular formula is C28H32ClFN4O4S. The maximum absolute atomic E-state index is 14.8. The molecule has 39 heavy (non-hydrogen) atoms. The van der Waals surface area contributed by atoms with E-state index in [2.05, 4.69) is 5.32 Å². The monoisotopic (exact) mass is 574 g/mol. The van der Waals surface area contributed by atoms with Crippen LogP contribution in [0.2, 0.25) is 5.02 Å². The first-order chi connectivity index (χ1) is 18.5. The smallest absolute Gasteiger partial charge is 0.304 e. The molecule has 2 amide bonds. The summed E-state index contributed by atoms with van der Waals surface area (Å²) in [5.41, 5.74) is 1.22. The fourth-order valence-corrected chi connectivity index (χ4v) is 5.18. The van der Waals surface area contributed by atoms with Gasteiger partial charge in [0.05, 0.1) is 5.69 Å². The highest BCUT2D eigenvalue weighted by atomic mass is 35.5. The molecule has 0 heterocycles. The van der Waals surface area contributed by atoms with Crippen molar-refractivity contribution in [2.24, 2.45) is 0 Å². The van der Waals surface area contributed by atoms with Gasteiger partial charge in [0.15, 0.2) is 0 Å². The van der Waals surface area contributed by atoms with E-state index < -0.39 is 40.4 Å². The number of carbonyl (C=O) groups excluding carboxylic acids is 2. The lowest BCUT2D eigenvalue weighted by molar-refractivity contribution is -0.140. The number of rotatable bonds is 12. The van der Waals surface area contributed by atoms with E-state index in [9.17, 15) is 22.4 Å². The zero-order valence-corrected chi connectivity index (χ0v) is 23.6. The van der Waals surface area contributed by atoms with Gasteiger partial charge >= 0.3 is 10.2 Å². The Balaban J connectivity index is 2.08. The molecule has 3 aromatic carbocycles. The summed E-state index contributed by atoms with van der Waals surface area (Å²) >= 11 is 6.05. The van der Waals surface area contributed by atoms with Gasteiger partial charge in [-0.05, 0) is 42.3 Å². The van der Waals surface area contributed by atoms with Gasteiger partial charge in [0.25, 0.3) is 0 Å². The van der Waals surface area contributed by atoms with Crippen LogP contribution in [0.25, 0.3) is 0 Å². The molecule has 1 N–H and O–H groups in total. The molecule has 1 atom stereocenters. The molecule has 8 nitrogen and oxygen atoms in total. The minimum Gasteiger partial charge on any atom is -0.355 e. The second kappa shape index (κ2) is 13.5. The van der Waals surface area contributed by atoms with E-state index in [0.29, 0.717) is 17.1 Å². The first-order valence-electron chi connectivity index (χ1n) is 12.3. The van der Waals surface area contributed by atoms with Crippen LogP contribution in [-0.4, -0.2) is 62.7 Å². The van der Waals surface area contributed by atoms with E-state index in [1.165, 1.54) is 37.2 Å². The third kappa shape index (κ3) is 7.78. The summed E-state index contributed by atoms with van der Waals surface area (Å²) in [5, 5.41) is 3.29. The predicted octanol–water partition coefficient (Wildman–Crippen LogP) is 3.87. The highest BCUT2D eigenvalue weighted by Crippen LogP contribution is 2.24. The molecule has 3 aromatic rings. The number of para-hydroxylation sites is 1. The molecule has 208 valence electrons. The zero-order chi connectivity index (χ0) is 28.6. The van der Waals surface area contributed by atoms with Crippen molar-refractivity contribution in [2.45, 2.75) is 25.9 Å². The molecule has 0 saturated heterocycles. The van der Waals surface area contributed by atoms with E-state index in [-0.39, 0.29) is 18.7 Å². The van der Waals surface area contributed by atoms with Gasteiger partial charge in [0.1, 0.15) is 18.4 Å². The standard InChI is InChI=1S/C28H32ClFN4O4S/c1-4-31-28(36)26(18-21-10-6-5-7-11-21)33(19-22-14-16-23(29)17-15-22)27(35)20-34(39(37,38)32(2)3)25-13-9-8-12-24(25)30/h5-17,26H,4,18-20H2,1-3H3,(H,31,36)/t26-/m1/s1. The van der Waals surface area contributed by atoms with Crippen molar-refractivity contribution in [1.82, 2.24) is 14.5 Å². The third-order valence-corrected chi connectivity index (χ3v) is 8.09. The molecule has 0 aliphatic carbocycles. The van der Waals surface area contributed by atoms with Crippen molar-refractivity contribution in [3.05, 3.63) is 101 Å². The molecule has 0 aliphatic heterocycles.